The standard InChI is InChI=1S/C17H21N3O4/c1-20-11-5-7-13(20)14(21)9-10-18-16(22)17(23)19-12-6-3-4-8-15(12)24-2/h3-8,11,14,21H,9-10H2,1-2H3,(H,18,22)(H,19,23). The molecule has 128 valence electrons. The highest BCUT2D eigenvalue weighted by Gasteiger charge is 2.16. The maximum Gasteiger partial charge on any atom is 0.313 e. The van der Waals surface area contributed by atoms with Crippen LogP contribution in [0.4, 0.5) is 5.69 Å². The van der Waals surface area contributed by atoms with E-state index in [1.165, 1.54) is 7.11 Å². The van der Waals surface area contributed by atoms with Crippen molar-refractivity contribution in [2.24, 2.45) is 7.05 Å². The first kappa shape index (κ1) is 17.6. The second kappa shape index (κ2) is 8.16. The number of ether oxygens (including phenoxy) is 1. The molecule has 1 atom stereocenters. The molecule has 0 bridgehead atoms. The number of aliphatic hydroxyl groups excluding tert-OH is 1. The van der Waals surface area contributed by atoms with Crippen LogP contribution in [0.15, 0.2) is 42.6 Å². The van der Waals surface area contributed by atoms with Gasteiger partial charge < -0.3 is 25.0 Å². The van der Waals surface area contributed by atoms with E-state index in [2.05, 4.69) is 10.6 Å². The summed E-state index contributed by atoms with van der Waals surface area (Å²) in [6.07, 6.45) is 1.44. The van der Waals surface area contributed by atoms with Gasteiger partial charge in [0.25, 0.3) is 0 Å². The number of aryl methyl sites for hydroxylation is 1. The molecule has 2 rings (SSSR count). The third kappa shape index (κ3) is 4.36. The van der Waals surface area contributed by atoms with Crippen molar-refractivity contribution in [1.82, 2.24) is 9.88 Å². The third-order valence-electron chi connectivity index (χ3n) is 3.59. The predicted molar refractivity (Wildman–Crippen MR) is 89.6 cm³/mol. The molecule has 7 heteroatoms. The molecule has 24 heavy (non-hydrogen) atoms. The normalized spacial score (nSPS) is 11.6. The van der Waals surface area contributed by atoms with E-state index in [0.717, 1.165) is 5.69 Å². The minimum atomic E-state index is -0.784. The number of hydrogen-bond donors (Lipinski definition) is 3. The maximum absolute atomic E-state index is 11.9. The van der Waals surface area contributed by atoms with Gasteiger partial charge in [-0.05, 0) is 30.7 Å². The second-order valence-corrected chi connectivity index (χ2v) is 5.26. The number of methoxy groups -OCH3 is 1. The minimum Gasteiger partial charge on any atom is -0.495 e. The van der Waals surface area contributed by atoms with Crippen LogP contribution in [0.1, 0.15) is 18.2 Å². The van der Waals surface area contributed by atoms with Crippen molar-refractivity contribution < 1.29 is 19.4 Å². The summed E-state index contributed by atoms with van der Waals surface area (Å²) in [5.74, 6) is -1.08. The first-order valence-corrected chi connectivity index (χ1v) is 7.54. The number of carbonyl (C=O) groups excluding carboxylic acids is 2. The van der Waals surface area contributed by atoms with Crippen LogP contribution in [0.5, 0.6) is 5.75 Å². The Kier molecular flexibility index (Phi) is 5.97. The third-order valence-corrected chi connectivity index (χ3v) is 3.59. The monoisotopic (exact) mass is 331 g/mol. The first-order valence-electron chi connectivity index (χ1n) is 7.54. The van der Waals surface area contributed by atoms with Gasteiger partial charge in [-0.15, -0.1) is 0 Å². The highest BCUT2D eigenvalue weighted by Crippen LogP contribution is 2.22. The first-order chi connectivity index (χ1) is 11.5. The number of nitrogens with one attached hydrogen (secondary N) is 2. The van der Waals surface area contributed by atoms with Crippen LogP contribution in [0.3, 0.4) is 0 Å². The molecule has 0 saturated heterocycles. The second-order valence-electron chi connectivity index (χ2n) is 5.26. The van der Waals surface area contributed by atoms with E-state index >= 15 is 0 Å². The van der Waals surface area contributed by atoms with Crippen LogP contribution in [-0.4, -0.2) is 35.1 Å². The van der Waals surface area contributed by atoms with Gasteiger partial charge in [0.2, 0.25) is 0 Å². The number of nitrogens with zero attached hydrogens (tertiary/aromatic N) is 1. The lowest BCUT2D eigenvalue weighted by Crippen LogP contribution is -2.36. The van der Waals surface area contributed by atoms with Gasteiger partial charge in [0, 0.05) is 25.5 Å². The van der Waals surface area contributed by atoms with E-state index in [1.54, 1.807) is 34.9 Å². The number of aromatic nitrogens is 1. The van der Waals surface area contributed by atoms with Gasteiger partial charge in [0.1, 0.15) is 5.75 Å². The number of amides is 2. The fourth-order valence-corrected chi connectivity index (χ4v) is 2.30. The smallest absolute Gasteiger partial charge is 0.313 e. The number of anilines is 1. The Balaban J connectivity index is 1.82. The Morgan fingerprint density at radius 2 is 1.96 bits per heavy atom. The van der Waals surface area contributed by atoms with Crippen LogP contribution >= 0.6 is 0 Å². The number of para-hydroxylation sites is 2. The molecule has 2 amide bonds. The van der Waals surface area contributed by atoms with Crippen LogP contribution in [0.25, 0.3) is 0 Å². The van der Waals surface area contributed by atoms with E-state index in [1.807, 2.05) is 19.3 Å². The minimum absolute atomic E-state index is 0.185. The van der Waals surface area contributed by atoms with Gasteiger partial charge >= 0.3 is 11.8 Å². The summed E-state index contributed by atoms with van der Waals surface area (Å²) in [7, 11) is 3.31. The molecule has 0 radical (unpaired) electrons. The molecule has 0 spiro atoms. The summed E-state index contributed by atoms with van der Waals surface area (Å²) in [6, 6.07) is 10.5. The molecular weight excluding hydrogens is 310 g/mol. The highest BCUT2D eigenvalue weighted by atomic mass is 16.5. The number of aliphatic hydroxyl groups is 1. The molecule has 0 aliphatic heterocycles. The Bertz CT molecular complexity index is 711. The molecule has 1 unspecified atom stereocenters. The molecule has 1 aromatic carbocycles. The van der Waals surface area contributed by atoms with E-state index in [9.17, 15) is 14.7 Å². The van der Waals surface area contributed by atoms with Crippen LogP contribution in [0.2, 0.25) is 0 Å². The molecule has 0 aliphatic rings. The maximum atomic E-state index is 11.9. The van der Waals surface area contributed by atoms with E-state index in [-0.39, 0.29) is 6.54 Å². The van der Waals surface area contributed by atoms with Gasteiger partial charge in [-0.25, -0.2) is 0 Å². The molecule has 3 N–H and O–H groups in total. The lowest BCUT2D eigenvalue weighted by molar-refractivity contribution is -0.136. The van der Waals surface area contributed by atoms with Crippen molar-refractivity contribution in [3.63, 3.8) is 0 Å². The molecule has 0 aliphatic carbocycles. The summed E-state index contributed by atoms with van der Waals surface area (Å²) in [5.41, 5.74) is 1.17. The van der Waals surface area contributed by atoms with Crippen molar-refractivity contribution in [3.05, 3.63) is 48.3 Å². The van der Waals surface area contributed by atoms with Crippen LogP contribution < -0.4 is 15.4 Å². The van der Waals surface area contributed by atoms with Gasteiger partial charge in [-0.1, -0.05) is 12.1 Å². The topological polar surface area (TPSA) is 92.6 Å². The van der Waals surface area contributed by atoms with Gasteiger partial charge in [-0.3, -0.25) is 9.59 Å². The number of benzene rings is 1. The van der Waals surface area contributed by atoms with E-state index in [4.69, 9.17) is 4.74 Å². The van der Waals surface area contributed by atoms with Crippen molar-refractivity contribution in [2.45, 2.75) is 12.5 Å². The van der Waals surface area contributed by atoms with E-state index < -0.39 is 17.9 Å². The zero-order valence-electron chi connectivity index (χ0n) is 13.7. The van der Waals surface area contributed by atoms with Crippen molar-refractivity contribution in [3.8, 4) is 5.75 Å². The largest absolute Gasteiger partial charge is 0.495 e. The summed E-state index contributed by atoms with van der Waals surface area (Å²) in [5, 5.41) is 15.0. The molecule has 7 nitrogen and oxygen atoms in total. The number of carbonyl (C=O) groups is 2. The van der Waals surface area contributed by atoms with E-state index in [0.29, 0.717) is 17.9 Å². The lowest BCUT2D eigenvalue weighted by atomic mass is 10.2. The SMILES string of the molecule is COc1ccccc1NC(=O)C(=O)NCCC(O)c1cccn1C. The highest BCUT2D eigenvalue weighted by molar-refractivity contribution is 6.39. The Morgan fingerprint density at radius 3 is 2.62 bits per heavy atom. The fourth-order valence-electron chi connectivity index (χ4n) is 2.30. The number of rotatable bonds is 6. The van der Waals surface area contributed by atoms with Gasteiger partial charge in [-0.2, -0.15) is 0 Å². The average molecular weight is 331 g/mol. The summed E-state index contributed by atoms with van der Waals surface area (Å²) in [6.45, 7) is 0.185. The Labute approximate surface area is 140 Å². The van der Waals surface area contributed by atoms with Crippen LogP contribution in [-0.2, 0) is 16.6 Å². The predicted octanol–water partition coefficient (Wildman–Crippen LogP) is 1.21. The summed E-state index contributed by atoms with van der Waals surface area (Å²) < 4.78 is 6.92. The average Bonchev–Trinajstić information content (AvgIpc) is 3.01. The van der Waals surface area contributed by atoms with Crippen molar-refractivity contribution >= 4 is 17.5 Å². The molecule has 0 saturated carbocycles. The quantitative estimate of drug-likeness (QED) is 0.694. The lowest BCUT2D eigenvalue weighted by Gasteiger charge is -2.13. The summed E-state index contributed by atoms with van der Waals surface area (Å²) in [4.78, 5) is 23.7. The molecule has 0 fully saturated rings. The molecule has 2 aromatic rings. The molecule has 1 aromatic heterocycles. The Hall–Kier alpha value is -2.80. The molecule has 1 heterocycles. The van der Waals surface area contributed by atoms with Gasteiger partial charge in [0.05, 0.1) is 18.9 Å². The summed E-state index contributed by atoms with van der Waals surface area (Å²) >= 11 is 0. The van der Waals surface area contributed by atoms with Crippen molar-refractivity contribution in [2.75, 3.05) is 19.0 Å². The molecular formula is C17H21N3O4. The fraction of sp³-hybridized carbons (Fsp3) is 0.294. The van der Waals surface area contributed by atoms with Crippen molar-refractivity contribution in [1.29, 1.82) is 0 Å². The Morgan fingerprint density at radius 1 is 1.21 bits per heavy atom. The number of hydrogen-bond acceptors (Lipinski definition) is 4. The van der Waals surface area contributed by atoms with Gasteiger partial charge in [0.15, 0.2) is 0 Å². The van der Waals surface area contributed by atoms with Crippen LogP contribution in [0, 0.1) is 0 Å². The zero-order chi connectivity index (χ0) is 17.5. The zero-order valence-corrected chi connectivity index (χ0v) is 13.7.